The van der Waals surface area contributed by atoms with E-state index < -0.39 is 0 Å². The van der Waals surface area contributed by atoms with Crippen LogP contribution in [-0.4, -0.2) is 60.8 Å². The molecule has 2 aliphatic rings. The summed E-state index contributed by atoms with van der Waals surface area (Å²) in [6.07, 6.45) is 6.43. The highest BCUT2D eigenvalue weighted by Crippen LogP contribution is 2.34. The van der Waals surface area contributed by atoms with Crippen LogP contribution in [-0.2, 0) is 11.3 Å². The maximum absolute atomic E-state index is 12.4. The number of ether oxygens (including phenoxy) is 1. The molecule has 2 aromatic rings. The third-order valence-corrected chi connectivity index (χ3v) is 7.42. The van der Waals surface area contributed by atoms with E-state index >= 15 is 0 Å². The molecule has 4 rings (SSSR count). The molecule has 0 saturated carbocycles. The average Bonchev–Trinajstić information content (AvgIpc) is 2.78. The van der Waals surface area contributed by atoms with Crippen molar-refractivity contribution in [3.63, 3.8) is 0 Å². The number of benzene rings is 1. The summed E-state index contributed by atoms with van der Waals surface area (Å²) < 4.78 is 11.1. The van der Waals surface area contributed by atoms with Gasteiger partial charge in [-0.15, -0.1) is 0 Å². The third-order valence-electron chi connectivity index (χ3n) is 7.42. The van der Waals surface area contributed by atoms with Crippen molar-refractivity contribution in [1.29, 1.82) is 0 Å². The minimum atomic E-state index is -0.328. The maximum atomic E-state index is 12.4. The number of rotatable bonds is 7. The zero-order valence-electron chi connectivity index (χ0n) is 19.2. The van der Waals surface area contributed by atoms with E-state index in [9.17, 15) is 9.90 Å². The Balaban J connectivity index is 1.63. The predicted octanol–water partition coefficient (Wildman–Crippen LogP) is 3.83. The van der Waals surface area contributed by atoms with E-state index in [1.165, 1.54) is 45.2 Å². The number of hydrogen-bond acceptors (Lipinski definition) is 6. The lowest BCUT2D eigenvalue weighted by molar-refractivity contribution is 0.0335. The normalized spacial score (nSPS) is 22.2. The summed E-state index contributed by atoms with van der Waals surface area (Å²) in [5, 5.41) is 11.6. The van der Waals surface area contributed by atoms with Gasteiger partial charge in [-0.1, -0.05) is 6.42 Å². The Labute approximate surface area is 184 Å². The molecule has 0 spiro atoms. The lowest BCUT2D eigenvalue weighted by Crippen LogP contribution is -2.51. The van der Waals surface area contributed by atoms with Crippen LogP contribution in [0.5, 0.6) is 5.75 Å². The Morgan fingerprint density at radius 2 is 1.97 bits per heavy atom. The quantitative estimate of drug-likeness (QED) is 0.676. The Kier molecular flexibility index (Phi) is 6.99. The van der Waals surface area contributed by atoms with Crippen LogP contribution in [0.15, 0.2) is 21.3 Å². The van der Waals surface area contributed by atoms with E-state index in [4.69, 9.17) is 9.15 Å². The Bertz CT molecular complexity index is 968. The molecule has 6 nitrogen and oxygen atoms in total. The van der Waals surface area contributed by atoms with Gasteiger partial charge in [0.1, 0.15) is 11.3 Å². The van der Waals surface area contributed by atoms with Gasteiger partial charge < -0.3 is 19.2 Å². The lowest BCUT2D eigenvalue weighted by atomic mass is 9.83. The standard InChI is InChI=1S/C25H36N2O4/c1-17-18(2)25(29)31-24-20(17)9-10-23(28)21(24)16-26(13-14-30-3)15-19-7-6-12-27-11-5-4-8-22(19)27/h9-10,19,22,28H,4-8,11-16H2,1-3H3/t19-,22+/m0/s1. The van der Waals surface area contributed by atoms with Crippen LogP contribution in [0.3, 0.4) is 0 Å². The summed E-state index contributed by atoms with van der Waals surface area (Å²) in [7, 11) is 1.72. The van der Waals surface area contributed by atoms with Crippen molar-refractivity contribution in [2.24, 2.45) is 5.92 Å². The van der Waals surface area contributed by atoms with Gasteiger partial charge in [0, 0.05) is 43.7 Å². The van der Waals surface area contributed by atoms with Crippen LogP contribution in [0.2, 0.25) is 0 Å². The van der Waals surface area contributed by atoms with Gasteiger partial charge in [0.25, 0.3) is 0 Å². The van der Waals surface area contributed by atoms with Crippen LogP contribution in [0.4, 0.5) is 0 Å². The highest BCUT2D eigenvalue weighted by Gasteiger charge is 2.34. The largest absolute Gasteiger partial charge is 0.507 e. The molecular weight excluding hydrogens is 392 g/mol. The fourth-order valence-corrected chi connectivity index (χ4v) is 5.51. The fourth-order valence-electron chi connectivity index (χ4n) is 5.51. The number of aromatic hydroxyl groups is 1. The Hall–Kier alpha value is -1.89. The van der Waals surface area contributed by atoms with Crippen molar-refractivity contribution in [3.8, 4) is 5.75 Å². The minimum Gasteiger partial charge on any atom is -0.507 e. The molecule has 0 aliphatic carbocycles. The van der Waals surface area contributed by atoms with Gasteiger partial charge in [0.05, 0.1) is 12.2 Å². The number of fused-ring (bicyclic) bond motifs is 2. The first-order chi connectivity index (χ1) is 15.0. The van der Waals surface area contributed by atoms with Crippen molar-refractivity contribution in [1.82, 2.24) is 9.80 Å². The number of phenols is 1. The molecule has 2 aliphatic heterocycles. The summed E-state index contributed by atoms with van der Waals surface area (Å²) >= 11 is 0. The number of nitrogens with zero attached hydrogens (tertiary/aromatic N) is 2. The molecule has 2 saturated heterocycles. The second-order valence-corrected chi connectivity index (χ2v) is 9.31. The SMILES string of the molecule is COCCN(Cc1c(O)ccc2c(C)c(C)c(=O)oc12)C[C@@H]1CCCN2CCCC[C@H]12. The smallest absolute Gasteiger partial charge is 0.339 e. The first kappa shape index (κ1) is 22.3. The molecule has 170 valence electrons. The van der Waals surface area contributed by atoms with Crippen LogP contribution >= 0.6 is 0 Å². The molecule has 1 N–H and O–H groups in total. The molecular formula is C25H36N2O4. The van der Waals surface area contributed by atoms with E-state index in [2.05, 4.69) is 9.80 Å². The summed E-state index contributed by atoms with van der Waals surface area (Å²) in [6, 6.07) is 4.23. The number of piperidine rings is 2. The maximum Gasteiger partial charge on any atom is 0.339 e. The minimum absolute atomic E-state index is 0.184. The van der Waals surface area contributed by atoms with Gasteiger partial charge in [-0.2, -0.15) is 0 Å². The zero-order valence-corrected chi connectivity index (χ0v) is 19.2. The van der Waals surface area contributed by atoms with E-state index in [-0.39, 0.29) is 11.4 Å². The Morgan fingerprint density at radius 3 is 2.77 bits per heavy atom. The zero-order chi connectivity index (χ0) is 22.0. The van der Waals surface area contributed by atoms with Gasteiger partial charge in [0.2, 0.25) is 0 Å². The van der Waals surface area contributed by atoms with E-state index in [1.807, 2.05) is 13.0 Å². The van der Waals surface area contributed by atoms with Gasteiger partial charge in [-0.25, -0.2) is 4.79 Å². The molecule has 1 aromatic heterocycles. The second kappa shape index (κ2) is 9.72. The van der Waals surface area contributed by atoms with Crippen molar-refractivity contribution in [2.75, 3.05) is 39.9 Å². The third kappa shape index (κ3) is 4.66. The van der Waals surface area contributed by atoms with Crippen molar-refractivity contribution in [3.05, 3.63) is 39.2 Å². The monoisotopic (exact) mass is 428 g/mol. The fraction of sp³-hybridized carbons (Fsp3) is 0.640. The molecule has 6 heteroatoms. The number of hydrogen-bond donors (Lipinski definition) is 1. The molecule has 1 aromatic carbocycles. The number of aryl methyl sites for hydroxylation is 1. The number of methoxy groups -OCH3 is 1. The van der Waals surface area contributed by atoms with E-state index in [0.717, 1.165) is 24.0 Å². The van der Waals surface area contributed by atoms with Crippen LogP contribution in [0.1, 0.15) is 48.8 Å². The molecule has 2 atom stereocenters. The summed E-state index contributed by atoms with van der Waals surface area (Å²) in [6.45, 7) is 9.12. The summed E-state index contributed by atoms with van der Waals surface area (Å²) in [5.41, 5.74) is 2.43. The first-order valence-electron chi connectivity index (χ1n) is 11.7. The van der Waals surface area contributed by atoms with Crippen molar-refractivity contribution >= 4 is 11.0 Å². The predicted molar refractivity (Wildman–Crippen MR) is 123 cm³/mol. The first-order valence-corrected chi connectivity index (χ1v) is 11.7. The van der Waals surface area contributed by atoms with Crippen LogP contribution < -0.4 is 5.63 Å². The van der Waals surface area contributed by atoms with Crippen LogP contribution in [0, 0.1) is 19.8 Å². The summed E-state index contributed by atoms with van der Waals surface area (Å²) in [5.74, 6) is 0.809. The molecule has 31 heavy (non-hydrogen) atoms. The number of phenolic OH excluding ortho intramolecular Hbond substituents is 1. The van der Waals surface area contributed by atoms with Gasteiger partial charge >= 0.3 is 5.63 Å². The molecule has 0 radical (unpaired) electrons. The van der Waals surface area contributed by atoms with E-state index in [0.29, 0.717) is 41.8 Å². The van der Waals surface area contributed by atoms with Crippen LogP contribution in [0.25, 0.3) is 11.0 Å². The average molecular weight is 429 g/mol. The lowest BCUT2D eigenvalue weighted by Gasteiger charge is -2.45. The van der Waals surface area contributed by atoms with E-state index in [1.54, 1.807) is 20.1 Å². The Morgan fingerprint density at radius 1 is 1.16 bits per heavy atom. The van der Waals surface area contributed by atoms with Crippen molar-refractivity contribution in [2.45, 2.75) is 58.5 Å². The highest BCUT2D eigenvalue weighted by atomic mass is 16.5. The highest BCUT2D eigenvalue weighted by molar-refractivity contribution is 5.85. The van der Waals surface area contributed by atoms with Gasteiger partial charge in [-0.3, -0.25) is 4.90 Å². The second-order valence-electron chi connectivity index (χ2n) is 9.31. The summed E-state index contributed by atoms with van der Waals surface area (Å²) in [4.78, 5) is 17.4. The molecule has 2 fully saturated rings. The van der Waals surface area contributed by atoms with Gasteiger partial charge in [0.15, 0.2) is 0 Å². The molecule has 3 heterocycles. The molecule has 0 bridgehead atoms. The molecule has 0 amide bonds. The van der Waals surface area contributed by atoms with Gasteiger partial charge in [-0.05, 0) is 76.2 Å². The van der Waals surface area contributed by atoms with Crippen molar-refractivity contribution < 1.29 is 14.3 Å². The molecule has 0 unspecified atom stereocenters. The topological polar surface area (TPSA) is 66.2 Å².